The number of carbonyl (C=O) groups is 1. The van der Waals surface area contributed by atoms with Crippen LogP contribution in [0.3, 0.4) is 0 Å². The summed E-state index contributed by atoms with van der Waals surface area (Å²) in [5.74, 6) is 0.932. The molecule has 0 bridgehead atoms. The van der Waals surface area contributed by atoms with Gasteiger partial charge in [-0.15, -0.1) is 0 Å². The Kier molecular flexibility index (Phi) is 8.02. The molecule has 1 aliphatic heterocycles. The molecule has 1 saturated heterocycles. The van der Waals surface area contributed by atoms with Gasteiger partial charge in [0.05, 0.1) is 12.6 Å². The van der Waals surface area contributed by atoms with Crippen LogP contribution in [0.2, 0.25) is 0 Å². The second-order valence-electron chi connectivity index (χ2n) is 6.82. The highest BCUT2D eigenvalue weighted by Crippen LogP contribution is 2.12. The number of guanidine groups is 1. The van der Waals surface area contributed by atoms with Crippen molar-refractivity contribution in [3.8, 4) is 0 Å². The third kappa shape index (κ3) is 7.81. The first-order valence-electron chi connectivity index (χ1n) is 8.30. The summed E-state index contributed by atoms with van der Waals surface area (Å²) in [6.07, 6.45) is 2.66. The molecule has 23 heavy (non-hydrogen) atoms. The first-order chi connectivity index (χ1) is 10.7. The van der Waals surface area contributed by atoms with Crippen molar-refractivity contribution < 1.29 is 9.53 Å². The van der Waals surface area contributed by atoms with Gasteiger partial charge in [-0.05, 0) is 40.4 Å². The first-order valence-corrected chi connectivity index (χ1v) is 9.59. The molecule has 134 valence electrons. The lowest BCUT2D eigenvalue weighted by atomic mass is 10.2. The van der Waals surface area contributed by atoms with E-state index in [0.29, 0.717) is 5.25 Å². The fraction of sp³-hybridized carbons (Fsp3) is 0.875. The van der Waals surface area contributed by atoms with E-state index in [9.17, 15) is 4.79 Å². The number of hydrogen-bond acceptors (Lipinski definition) is 4. The van der Waals surface area contributed by atoms with Crippen LogP contribution in [0, 0.1) is 0 Å². The maximum atomic E-state index is 11.9. The summed E-state index contributed by atoms with van der Waals surface area (Å²) in [5, 5.41) is 6.79. The van der Waals surface area contributed by atoms with Crippen molar-refractivity contribution in [2.24, 2.45) is 4.99 Å². The maximum Gasteiger partial charge on any atom is 0.407 e. The van der Waals surface area contributed by atoms with E-state index in [1.54, 1.807) is 0 Å². The Bertz CT molecular complexity index is 409. The zero-order valence-corrected chi connectivity index (χ0v) is 16.1. The number of nitrogens with one attached hydrogen (secondary N) is 2. The molecule has 6 nitrogen and oxygen atoms in total. The predicted molar refractivity (Wildman–Crippen MR) is 98.3 cm³/mol. The SMILES string of the molecule is CCNC(=NCC(C)SC)N1CC[C@@H](NC(=O)OC(C)(C)C)C1. The quantitative estimate of drug-likeness (QED) is 0.592. The number of likely N-dealkylation sites (tertiary alicyclic amines) is 1. The molecule has 0 aliphatic carbocycles. The number of aliphatic imine (C=N–C) groups is 1. The number of hydrogen-bond donors (Lipinski definition) is 2. The van der Waals surface area contributed by atoms with Crippen LogP contribution >= 0.6 is 11.8 Å². The highest BCUT2D eigenvalue weighted by molar-refractivity contribution is 7.99. The lowest BCUT2D eigenvalue weighted by molar-refractivity contribution is 0.0507. The van der Waals surface area contributed by atoms with Crippen molar-refractivity contribution in [3.63, 3.8) is 0 Å². The van der Waals surface area contributed by atoms with Crippen LogP contribution in [-0.2, 0) is 4.74 Å². The Labute approximate surface area is 144 Å². The Balaban J connectivity index is 2.53. The lowest BCUT2D eigenvalue weighted by Crippen LogP contribution is -2.44. The van der Waals surface area contributed by atoms with E-state index in [4.69, 9.17) is 9.73 Å². The molecule has 0 aromatic rings. The maximum absolute atomic E-state index is 11.9. The minimum atomic E-state index is -0.466. The summed E-state index contributed by atoms with van der Waals surface area (Å²) in [6, 6.07) is 0.103. The first kappa shape index (κ1) is 19.9. The van der Waals surface area contributed by atoms with E-state index in [2.05, 4.69) is 35.6 Å². The van der Waals surface area contributed by atoms with Crippen LogP contribution < -0.4 is 10.6 Å². The van der Waals surface area contributed by atoms with Crippen molar-refractivity contribution in [1.82, 2.24) is 15.5 Å². The number of rotatable bonds is 5. The van der Waals surface area contributed by atoms with Gasteiger partial charge in [0.2, 0.25) is 0 Å². The van der Waals surface area contributed by atoms with E-state index in [1.165, 1.54) is 0 Å². The average Bonchev–Trinajstić information content (AvgIpc) is 2.89. The van der Waals surface area contributed by atoms with E-state index in [1.807, 2.05) is 32.5 Å². The summed E-state index contributed by atoms with van der Waals surface area (Å²) in [4.78, 5) is 18.8. The lowest BCUT2D eigenvalue weighted by Gasteiger charge is -2.23. The normalized spacial score (nSPS) is 20.3. The second-order valence-corrected chi connectivity index (χ2v) is 8.09. The summed E-state index contributed by atoms with van der Waals surface area (Å²) < 4.78 is 5.32. The molecule has 0 aromatic heterocycles. The largest absolute Gasteiger partial charge is 0.444 e. The van der Waals surface area contributed by atoms with Crippen LogP contribution in [0.5, 0.6) is 0 Å². The molecule has 1 fully saturated rings. The van der Waals surface area contributed by atoms with E-state index < -0.39 is 5.60 Å². The van der Waals surface area contributed by atoms with Crippen molar-refractivity contribution in [3.05, 3.63) is 0 Å². The van der Waals surface area contributed by atoms with Gasteiger partial charge in [-0.3, -0.25) is 4.99 Å². The average molecular weight is 345 g/mol. The third-order valence-corrected chi connectivity index (χ3v) is 4.40. The molecule has 1 rings (SSSR count). The highest BCUT2D eigenvalue weighted by Gasteiger charge is 2.27. The molecule has 2 N–H and O–H groups in total. The Morgan fingerprint density at radius 2 is 2.17 bits per heavy atom. The zero-order valence-electron chi connectivity index (χ0n) is 15.3. The summed E-state index contributed by atoms with van der Waals surface area (Å²) in [6.45, 7) is 13.1. The summed E-state index contributed by atoms with van der Waals surface area (Å²) in [7, 11) is 0. The van der Waals surface area contributed by atoms with E-state index >= 15 is 0 Å². The van der Waals surface area contributed by atoms with Crippen LogP contribution in [0.1, 0.15) is 41.0 Å². The minimum Gasteiger partial charge on any atom is -0.444 e. The molecule has 1 amide bonds. The van der Waals surface area contributed by atoms with Crippen LogP contribution in [0.4, 0.5) is 4.79 Å². The minimum absolute atomic E-state index is 0.103. The standard InChI is InChI=1S/C16H32N4O2S/c1-7-17-14(18-10-12(2)23-6)20-9-8-13(11-20)19-15(21)22-16(3,4)5/h12-13H,7-11H2,1-6H3,(H,17,18)(H,19,21)/t12?,13-/m1/s1. The van der Waals surface area contributed by atoms with Gasteiger partial charge in [0, 0.05) is 24.9 Å². The van der Waals surface area contributed by atoms with Gasteiger partial charge in [-0.2, -0.15) is 11.8 Å². The smallest absolute Gasteiger partial charge is 0.407 e. The monoisotopic (exact) mass is 344 g/mol. The number of alkyl carbamates (subject to hydrolysis) is 1. The molecule has 0 saturated carbocycles. The van der Waals surface area contributed by atoms with E-state index in [-0.39, 0.29) is 12.1 Å². The molecule has 0 spiro atoms. The predicted octanol–water partition coefficient (Wildman–Crippen LogP) is 2.30. The van der Waals surface area contributed by atoms with Crippen molar-refractivity contribution in [2.75, 3.05) is 32.4 Å². The van der Waals surface area contributed by atoms with Crippen molar-refractivity contribution in [1.29, 1.82) is 0 Å². The Morgan fingerprint density at radius 3 is 2.74 bits per heavy atom. The summed E-state index contributed by atoms with van der Waals surface area (Å²) >= 11 is 1.81. The van der Waals surface area contributed by atoms with Crippen LogP contribution in [0.15, 0.2) is 4.99 Å². The Morgan fingerprint density at radius 1 is 1.48 bits per heavy atom. The van der Waals surface area contributed by atoms with Gasteiger partial charge in [0.25, 0.3) is 0 Å². The van der Waals surface area contributed by atoms with Gasteiger partial charge in [0.1, 0.15) is 5.60 Å². The molecule has 1 unspecified atom stereocenters. The molecular weight excluding hydrogens is 312 g/mol. The number of amides is 1. The molecule has 2 atom stereocenters. The Hall–Kier alpha value is -1.11. The molecule has 1 heterocycles. The highest BCUT2D eigenvalue weighted by atomic mass is 32.2. The van der Waals surface area contributed by atoms with Gasteiger partial charge in [-0.1, -0.05) is 6.92 Å². The molecule has 1 aliphatic rings. The van der Waals surface area contributed by atoms with Crippen molar-refractivity contribution >= 4 is 23.8 Å². The van der Waals surface area contributed by atoms with Gasteiger partial charge < -0.3 is 20.3 Å². The van der Waals surface area contributed by atoms with Crippen LogP contribution in [0.25, 0.3) is 0 Å². The van der Waals surface area contributed by atoms with Crippen molar-refractivity contribution in [2.45, 2.75) is 57.9 Å². The molecule has 0 radical (unpaired) electrons. The topological polar surface area (TPSA) is 66.0 Å². The van der Waals surface area contributed by atoms with Crippen LogP contribution in [-0.4, -0.2) is 66.3 Å². The van der Waals surface area contributed by atoms with Gasteiger partial charge in [-0.25, -0.2) is 4.79 Å². The number of thioether (sulfide) groups is 1. The fourth-order valence-electron chi connectivity index (χ4n) is 2.26. The van der Waals surface area contributed by atoms with Gasteiger partial charge in [0.15, 0.2) is 5.96 Å². The molecule has 0 aromatic carbocycles. The van der Waals surface area contributed by atoms with E-state index in [0.717, 1.165) is 38.6 Å². The zero-order chi connectivity index (χ0) is 17.5. The number of carbonyl (C=O) groups excluding carboxylic acids is 1. The third-order valence-electron chi connectivity index (χ3n) is 3.44. The molecular formula is C16H32N4O2S. The fourth-order valence-corrected chi connectivity index (χ4v) is 2.48. The molecule has 7 heteroatoms. The van der Waals surface area contributed by atoms with Gasteiger partial charge >= 0.3 is 6.09 Å². The second kappa shape index (κ2) is 9.25. The number of ether oxygens (including phenoxy) is 1. The number of nitrogens with zero attached hydrogens (tertiary/aromatic N) is 2. The summed E-state index contributed by atoms with van der Waals surface area (Å²) in [5.41, 5.74) is -0.466.